The van der Waals surface area contributed by atoms with Gasteiger partial charge in [-0.25, -0.2) is 0 Å². The summed E-state index contributed by atoms with van der Waals surface area (Å²) in [6.45, 7) is 5.64. The van der Waals surface area contributed by atoms with Crippen LogP contribution in [0, 0.1) is 0 Å². The molecule has 0 bridgehead atoms. The number of benzene rings is 1. The van der Waals surface area contributed by atoms with Gasteiger partial charge in [0.05, 0.1) is 0 Å². The Balaban J connectivity index is 2.20. The van der Waals surface area contributed by atoms with E-state index >= 15 is 0 Å². The van der Waals surface area contributed by atoms with E-state index in [2.05, 4.69) is 40.2 Å². The first-order valence-corrected chi connectivity index (χ1v) is 9.29. The molecule has 102 valence electrons. The predicted molar refractivity (Wildman–Crippen MR) is 82.3 cm³/mol. The van der Waals surface area contributed by atoms with Crippen LogP contribution in [0.15, 0.2) is 28.7 Å². The summed E-state index contributed by atoms with van der Waals surface area (Å²) in [4.78, 5) is 0. The first-order valence-electron chi connectivity index (χ1n) is 6.74. The number of hydrogen-bond acceptors (Lipinski definition) is 2. The number of aryl methyl sites for hydroxylation is 1. The number of unbranched alkanes of at least 4 members (excludes halogenated alkanes) is 1. The molecule has 0 spiro atoms. The maximum absolute atomic E-state index is 5.66. The average Bonchev–Trinajstić information content (AvgIpc) is 2.35. The Morgan fingerprint density at radius 1 is 1.11 bits per heavy atom. The van der Waals surface area contributed by atoms with Gasteiger partial charge in [0, 0.05) is 17.7 Å². The molecular weight excluding hydrogens is 308 g/mol. The van der Waals surface area contributed by atoms with Gasteiger partial charge in [-0.2, -0.15) is 0 Å². The van der Waals surface area contributed by atoms with Crippen LogP contribution < -0.4 is 0 Å². The Kier molecular flexibility index (Phi) is 8.59. The summed E-state index contributed by atoms with van der Waals surface area (Å²) in [5.74, 6) is 0. The molecule has 0 fully saturated rings. The zero-order valence-electron chi connectivity index (χ0n) is 11.3. The molecule has 0 saturated heterocycles. The molecule has 2 nitrogen and oxygen atoms in total. The van der Waals surface area contributed by atoms with E-state index in [1.807, 2.05) is 13.8 Å². The van der Waals surface area contributed by atoms with Gasteiger partial charge < -0.3 is 8.85 Å². The van der Waals surface area contributed by atoms with Gasteiger partial charge >= 0.3 is 9.28 Å². The normalized spacial score (nSPS) is 11.1. The molecular formula is C14H23BrO2Si. The van der Waals surface area contributed by atoms with Crippen LogP contribution in [-0.2, 0) is 15.3 Å². The van der Waals surface area contributed by atoms with Gasteiger partial charge in [-0.3, -0.25) is 0 Å². The summed E-state index contributed by atoms with van der Waals surface area (Å²) in [5.41, 5.74) is 1.40. The van der Waals surface area contributed by atoms with Crippen LogP contribution in [0.4, 0.5) is 0 Å². The third-order valence-corrected chi connectivity index (χ3v) is 5.53. The minimum Gasteiger partial charge on any atom is -0.397 e. The molecule has 0 unspecified atom stereocenters. The summed E-state index contributed by atoms with van der Waals surface area (Å²) >= 11 is 3.50. The highest BCUT2D eigenvalue weighted by Gasteiger charge is 2.11. The van der Waals surface area contributed by atoms with Crippen LogP contribution in [0.25, 0.3) is 0 Å². The molecule has 0 amide bonds. The van der Waals surface area contributed by atoms with Gasteiger partial charge in [0.1, 0.15) is 0 Å². The van der Waals surface area contributed by atoms with Crippen LogP contribution in [-0.4, -0.2) is 22.5 Å². The smallest absolute Gasteiger partial charge is 0.321 e. The van der Waals surface area contributed by atoms with Crippen molar-refractivity contribution in [2.75, 3.05) is 13.2 Å². The van der Waals surface area contributed by atoms with Crippen LogP contribution in [0.3, 0.4) is 0 Å². The summed E-state index contributed by atoms with van der Waals surface area (Å²) in [6.07, 6.45) is 3.54. The number of halogens is 1. The minimum absolute atomic E-state index is 0.780. The van der Waals surface area contributed by atoms with Crippen molar-refractivity contribution in [3.63, 3.8) is 0 Å². The fourth-order valence-corrected chi connectivity index (χ4v) is 4.16. The van der Waals surface area contributed by atoms with E-state index in [4.69, 9.17) is 8.85 Å². The van der Waals surface area contributed by atoms with Crippen molar-refractivity contribution < 1.29 is 8.85 Å². The second-order valence-corrected chi connectivity index (χ2v) is 7.23. The fraction of sp³-hybridized carbons (Fsp3) is 0.571. The Labute approximate surface area is 121 Å². The summed E-state index contributed by atoms with van der Waals surface area (Å²) in [7, 11) is -1.38. The number of hydrogen-bond donors (Lipinski definition) is 0. The minimum atomic E-state index is -1.38. The molecule has 0 radical (unpaired) electrons. The molecule has 18 heavy (non-hydrogen) atoms. The molecule has 0 aliphatic carbocycles. The van der Waals surface area contributed by atoms with E-state index in [-0.39, 0.29) is 0 Å². The SMILES string of the molecule is CCO[SiH](CCCCc1cccc(Br)c1)OCC. The summed E-state index contributed by atoms with van der Waals surface area (Å²) in [5, 5.41) is 0. The molecule has 1 rings (SSSR count). The van der Waals surface area contributed by atoms with Crippen molar-refractivity contribution in [3.05, 3.63) is 34.3 Å². The van der Waals surface area contributed by atoms with Crippen LogP contribution in [0.2, 0.25) is 6.04 Å². The zero-order valence-corrected chi connectivity index (χ0v) is 14.1. The highest BCUT2D eigenvalue weighted by Crippen LogP contribution is 2.14. The molecule has 0 aliphatic heterocycles. The standard InChI is InChI=1S/C14H23BrO2Si/c1-3-16-18(17-4-2)11-6-5-8-13-9-7-10-14(15)12-13/h7,9-10,12,18H,3-6,8,11H2,1-2H3. The maximum atomic E-state index is 5.66. The topological polar surface area (TPSA) is 18.5 Å². The van der Waals surface area contributed by atoms with Crippen molar-refractivity contribution in [2.24, 2.45) is 0 Å². The van der Waals surface area contributed by atoms with E-state index < -0.39 is 9.28 Å². The first kappa shape index (κ1) is 15.9. The molecule has 0 aromatic heterocycles. The second-order valence-electron chi connectivity index (χ2n) is 4.22. The van der Waals surface area contributed by atoms with Crippen LogP contribution in [0.5, 0.6) is 0 Å². The van der Waals surface area contributed by atoms with Gasteiger partial charge in [0.15, 0.2) is 0 Å². The third-order valence-electron chi connectivity index (χ3n) is 2.75. The average molecular weight is 331 g/mol. The van der Waals surface area contributed by atoms with E-state index in [1.54, 1.807) is 0 Å². The lowest BCUT2D eigenvalue weighted by atomic mass is 10.1. The van der Waals surface area contributed by atoms with Crippen molar-refractivity contribution in [1.29, 1.82) is 0 Å². The monoisotopic (exact) mass is 330 g/mol. The molecule has 0 heterocycles. The predicted octanol–water partition coefficient (Wildman–Crippen LogP) is 4.07. The lowest BCUT2D eigenvalue weighted by molar-refractivity contribution is 0.212. The van der Waals surface area contributed by atoms with Crippen molar-refractivity contribution in [1.82, 2.24) is 0 Å². The maximum Gasteiger partial charge on any atom is 0.321 e. The van der Waals surface area contributed by atoms with E-state index in [9.17, 15) is 0 Å². The van der Waals surface area contributed by atoms with E-state index in [0.29, 0.717) is 0 Å². The Bertz CT molecular complexity index is 327. The molecule has 4 heteroatoms. The lowest BCUT2D eigenvalue weighted by Gasteiger charge is -2.14. The Morgan fingerprint density at radius 3 is 2.44 bits per heavy atom. The Hall–Kier alpha value is -0.163. The third kappa shape index (κ3) is 6.68. The fourth-order valence-electron chi connectivity index (χ4n) is 1.92. The van der Waals surface area contributed by atoms with E-state index in [1.165, 1.54) is 18.4 Å². The summed E-state index contributed by atoms with van der Waals surface area (Å²) in [6, 6.07) is 9.66. The van der Waals surface area contributed by atoms with Gasteiger partial charge in [-0.05, 0) is 50.4 Å². The van der Waals surface area contributed by atoms with Crippen LogP contribution in [0.1, 0.15) is 32.3 Å². The van der Waals surface area contributed by atoms with Gasteiger partial charge in [-0.15, -0.1) is 0 Å². The van der Waals surface area contributed by atoms with Gasteiger partial charge in [0.2, 0.25) is 0 Å². The molecule has 1 aromatic carbocycles. The lowest BCUT2D eigenvalue weighted by Crippen LogP contribution is -2.22. The molecule has 0 aliphatic rings. The first-order chi connectivity index (χ1) is 8.76. The second kappa shape index (κ2) is 9.73. The molecule has 0 N–H and O–H groups in total. The van der Waals surface area contributed by atoms with Crippen molar-refractivity contribution in [3.8, 4) is 0 Å². The summed E-state index contributed by atoms with van der Waals surface area (Å²) < 4.78 is 12.5. The molecule has 0 saturated carbocycles. The highest BCUT2D eigenvalue weighted by atomic mass is 79.9. The largest absolute Gasteiger partial charge is 0.397 e. The van der Waals surface area contributed by atoms with Crippen molar-refractivity contribution >= 4 is 25.2 Å². The quantitative estimate of drug-likeness (QED) is 0.502. The molecule has 0 atom stereocenters. The van der Waals surface area contributed by atoms with Gasteiger partial charge in [0.25, 0.3) is 0 Å². The van der Waals surface area contributed by atoms with Crippen LogP contribution >= 0.6 is 15.9 Å². The van der Waals surface area contributed by atoms with E-state index in [0.717, 1.165) is 30.2 Å². The zero-order chi connectivity index (χ0) is 13.2. The Morgan fingerprint density at radius 2 is 1.83 bits per heavy atom. The van der Waals surface area contributed by atoms with Crippen molar-refractivity contribution in [2.45, 2.75) is 39.2 Å². The number of rotatable bonds is 9. The highest BCUT2D eigenvalue weighted by molar-refractivity contribution is 9.10. The molecule has 1 aromatic rings. The van der Waals surface area contributed by atoms with Gasteiger partial charge in [-0.1, -0.05) is 34.5 Å².